The maximum Gasteiger partial charge on any atom is 0.135 e. The van der Waals surface area contributed by atoms with Crippen LogP contribution >= 0.6 is 0 Å². The summed E-state index contributed by atoms with van der Waals surface area (Å²) in [5.41, 5.74) is 7.16. The molecule has 5 aromatic carbocycles. The van der Waals surface area contributed by atoms with Gasteiger partial charge in [-0.15, -0.1) is 0 Å². The molecule has 2 heterocycles. The normalized spacial score (nSPS) is 14.2. The van der Waals surface area contributed by atoms with Crippen LogP contribution < -0.4 is 10.4 Å². The summed E-state index contributed by atoms with van der Waals surface area (Å²) in [5.74, 6) is 0. The first-order chi connectivity index (χ1) is 15.6. The van der Waals surface area contributed by atoms with E-state index in [4.69, 9.17) is 4.42 Å². The third-order valence-corrected chi connectivity index (χ3v) is 10.8. The zero-order chi connectivity index (χ0) is 21.4. The van der Waals surface area contributed by atoms with Crippen molar-refractivity contribution in [3.05, 3.63) is 97.1 Å². The SMILES string of the molecule is C[Si]1(C)c2ccc(-c3ccc4oc5ccccc5c4c3)cc2-c2cccc3cccc1c23. The molecule has 0 spiro atoms. The maximum absolute atomic E-state index is 6.04. The summed E-state index contributed by atoms with van der Waals surface area (Å²) in [5, 5.41) is 8.24. The molecule has 0 amide bonds. The second-order valence-electron chi connectivity index (χ2n) is 9.40. The molecule has 0 N–H and O–H groups in total. The third kappa shape index (κ3) is 2.33. The average molecular weight is 427 g/mol. The molecule has 0 unspecified atom stereocenters. The van der Waals surface area contributed by atoms with Crippen molar-refractivity contribution in [2.75, 3.05) is 0 Å². The Labute approximate surface area is 187 Å². The topological polar surface area (TPSA) is 13.1 Å². The first-order valence-electron chi connectivity index (χ1n) is 11.2. The zero-order valence-corrected chi connectivity index (χ0v) is 19.1. The molecule has 32 heavy (non-hydrogen) atoms. The van der Waals surface area contributed by atoms with Crippen LogP contribution in [-0.2, 0) is 0 Å². The van der Waals surface area contributed by atoms with Gasteiger partial charge in [0.15, 0.2) is 0 Å². The van der Waals surface area contributed by atoms with Crippen LogP contribution in [0.1, 0.15) is 0 Å². The van der Waals surface area contributed by atoms with E-state index >= 15 is 0 Å². The molecule has 2 heteroatoms. The number of furan rings is 1. The Morgan fingerprint density at radius 3 is 2.22 bits per heavy atom. The van der Waals surface area contributed by atoms with Gasteiger partial charge in [-0.2, -0.15) is 0 Å². The predicted octanol–water partition coefficient (Wildman–Crippen LogP) is 7.21. The molecule has 0 saturated carbocycles. The van der Waals surface area contributed by atoms with E-state index in [9.17, 15) is 0 Å². The first kappa shape index (κ1) is 18.0. The largest absolute Gasteiger partial charge is 0.456 e. The minimum Gasteiger partial charge on any atom is -0.456 e. The lowest BCUT2D eigenvalue weighted by molar-refractivity contribution is 0.669. The Morgan fingerprint density at radius 2 is 1.31 bits per heavy atom. The molecule has 152 valence electrons. The van der Waals surface area contributed by atoms with Gasteiger partial charge in [-0.3, -0.25) is 0 Å². The average Bonchev–Trinajstić information content (AvgIpc) is 3.20. The van der Waals surface area contributed by atoms with E-state index in [1.54, 1.807) is 5.19 Å². The van der Waals surface area contributed by atoms with Crippen LogP contribution in [0.4, 0.5) is 0 Å². The summed E-state index contributed by atoms with van der Waals surface area (Å²) < 4.78 is 6.04. The zero-order valence-electron chi connectivity index (χ0n) is 18.1. The molecule has 0 saturated heterocycles. The van der Waals surface area contributed by atoms with Gasteiger partial charge in [0.25, 0.3) is 0 Å². The van der Waals surface area contributed by atoms with Crippen LogP contribution in [-0.4, -0.2) is 8.07 Å². The van der Waals surface area contributed by atoms with E-state index in [1.807, 2.05) is 12.1 Å². The van der Waals surface area contributed by atoms with E-state index in [-0.39, 0.29) is 0 Å². The van der Waals surface area contributed by atoms with Gasteiger partial charge in [0.05, 0.1) is 0 Å². The van der Waals surface area contributed by atoms with Crippen LogP contribution in [0.15, 0.2) is 101 Å². The Kier molecular flexibility index (Phi) is 3.49. The second kappa shape index (κ2) is 6.21. The number of fused-ring (bicyclic) bond motifs is 5. The molecule has 0 radical (unpaired) electrons. The number of hydrogen-bond donors (Lipinski definition) is 0. The van der Waals surface area contributed by atoms with E-state index in [2.05, 4.69) is 98.0 Å². The molecule has 1 aromatic heterocycles. The Balaban J connectivity index is 1.49. The molecule has 6 aromatic rings. The second-order valence-corrected chi connectivity index (χ2v) is 13.7. The number of para-hydroxylation sites is 1. The van der Waals surface area contributed by atoms with Gasteiger partial charge in [-0.25, -0.2) is 0 Å². The standard InChI is InChI=1S/C30H22OSi/c1-32(2)28-16-14-21(18-25(28)23-10-5-7-19-8-6-12-29(32)30(19)23)20-13-15-27-24(17-20)22-9-3-4-11-26(22)31-27/h3-18H,1-2H3. The molecule has 0 aliphatic carbocycles. The summed E-state index contributed by atoms with van der Waals surface area (Å²) >= 11 is 0. The summed E-state index contributed by atoms with van der Waals surface area (Å²) in [6.07, 6.45) is 0. The first-order valence-corrected chi connectivity index (χ1v) is 14.2. The molecular weight excluding hydrogens is 404 g/mol. The van der Waals surface area contributed by atoms with Crippen molar-refractivity contribution < 1.29 is 4.42 Å². The smallest absolute Gasteiger partial charge is 0.135 e. The van der Waals surface area contributed by atoms with Gasteiger partial charge in [0.2, 0.25) is 0 Å². The van der Waals surface area contributed by atoms with Crippen LogP contribution in [0.3, 0.4) is 0 Å². The summed E-state index contributed by atoms with van der Waals surface area (Å²) in [6, 6.07) is 35.5. The lowest BCUT2D eigenvalue weighted by Gasteiger charge is -2.33. The molecular formula is C30H22OSi. The Morgan fingerprint density at radius 1 is 0.562 bits per heavy atom. The molecule has 0 bridgehead atoms. The summed E-state index contributed by atoms with van der Waals surface area (Å²) in [7, 11) is -1.77. The predicted molar refractivity (Wildman–Crippen MR) is 139 cm³/mol. The highest BCUT2D eigenvalue weighted by Gasteiger charge is 2.35. The molecule has 7 rings (SSSR count). The Bertz CT molecular complexity index is 1700. The fraction of sp³-hybridized carbons (Fsp3) is 0.0667. The highest BCUT2D eigenvalue weighted by molar-refractivity contribution is 7.03. The molecule has 1 aliphatic heterocycles. The number of rotatable bonds is 1. The van der Waals surface area contributed by atoms with Gasteiger partial charge >= 0.3 is 0 Å². The summed E-state index contributed by atoms with van der Waals surface area (Å²) in [6.45, 7) is 4.97. The minimum absolute atomic E-state index is 0.945. The fourth-order valence-corrected chi connectivity index (χ4v) is 8.72. The van der Waals surface area contributed by atoms with Gasteiger partial charge < -0.3 is 4.42 Å². The number of hydrogen-bond acceptors (Lipinski definition) is 1. The monoisotopic (exact) mass is 426 g/mol. The van der Waals surface area contributed by atoms with Crippen LogP contribution in [0.25, 0.3) is 55.0 Å². The van der Waals surface area contributed by atoms with Crippen molar-refractivity contribution in [2.24, 2.45) is 0 Å². The molecule has 0 fully saturated rings. The van der Waals surface area contributed by atoms with Crippen LogP contribution in [0.5, 0.6) is 0 Å². The highest BCUT2D eigenvalue weighted by Crippen LogP contribution is 2.37. The maximum atomic E-state index is 6.04. The van der Waals surface area contributed by atoms with Crippen molar-refractivity contribution >= 4 is 51.2 Å². The van der Waals surface area contributed by atoms with Crippen molar-refractivity contribution in [1.82, 2.24) is 0 Å². The van der Waals surface area contributed by atoms with E-state index in [0.717, 1.165) is 11.2 Å². The van der Waals surface area contributed by atoms with Gasteiger partial charge in [-0.05, 0) is 67.7 Å². The molecule has 1 aliphatic rings. The third-order valence-electron chi connectivity index (χ3n) is 7.27. The quantitative estimate of drug-likeness (QED) is 0.253. The van der Waals surface area contributed by atoms with Crippen LogP contribution in [0.2, 0.25) is 13.1 Å². The van der Waals surface area contributed by atoms with Crippen molar-refractivity contribution in [1.29, 1.82) is 0 Å². The van der Waals surface area contributed by atoms with Crippen molar-refractivity contribution in [3.63, 3.8) is 0 Å². The highest BCUT2D eigenvalue weighted by atomic mass is 28.3. The van der Waals surface area contributed by atoms with Gasteiger partial charge in [0, 0.05) is 10.8 Å². The van der Waals surface area contributed by atoms with Crippen LogP contribution in [0, 0.1) is 0 Å². The Hall–Kier alpha value is -3.62. The minimum atomic E-state index is -1.77. The van der Waals surface area contributed by atoms with Gasteiger partial charge in [-0.1, -0.05) is 85.9 Å². The number of benzene rings is 5. The lowest BCUT2D eigenvalue weighted by Crippen LogP contribution is -2.55. The fourth-order valence-electron chi connectivity index (χ4n) is 5.63. The summed E-state index contributed by atoms with van der Waals surface area (Å²) in [4.78, 5) is 0. The lowest BCUT2D eigenvalue weighted by atomic mass is 9.94. The van der Waals surface area contributed by atoms with E-state index in [1.165, 1.54) is 49.0 Å². The van der Waals surface area contributed by atoms with Crippen molar-refractivity contribution in [3.8, 4) is 22.3 Å². The van der Waals surface area contributed by atoms with E-state index < -0.39 is 8.07 Å². The molecule has 0 atom stereocenters. The van der Waals surface area contributed by atoms with Crippen molar-refractivity contribution in [2.45, 2.75) is 13.1 Å². The molecule has 1 nitrogen and oxygen atoms in total. The van der Waals surface area contributed by atoms with E-state index in [0.29, 0.717) is 0 Å². The van der Waals surface area contributed by atoms with Gasteiger partial charge in [0.1, 0.15) is 19.2 Å².